The number of nitrogens with zero attached hydrogens (tertiary/aromatic N) is 3. The van der Waals surface area contributed by atoms with Gasteiger partial charge in [-0.1, -0.05) is 35.9 Å². The number of hydrogen-bond acceptors (Lipinski definition) is 4. The molecule has 6 nitrogen and oxygen atoms in total. The third-order valence-electron chi connectivity index (χ3n) is 3.52. The molecule has 2 aromatic carbocycles. The normalized spacial score (nSPS) is 10.9. The average Bonchev–Trinajstić information content (AvgIpc) is 2.62. The molecule has 1 heterocycles. The molecule has 0 N–H and O–H groups in total. The number of non-ortho nitro benzene ring substituents is 1. The van der Waals surface area contributed by atoms with Crippen LogP contribution >= 0.6 is 11.6 Å². The van der Waals surface area contributed by atoms with Gasteiger partial charge in [-0.2, -0.15) is 0 Å². The third kappa shape index (κ3) is 3.64. The lowest BCUT2D eigenvalue weighted by Gasteiger charge is -2.09. The number of nitro benzene ring substituents is 1. The highest BCUT2D eigenvalue weighted by atomic mass is 35.5. The van der Waals surface area contributed by atoms with E-state index in [2.05, 4.69) is 4.98 Å². The van der Waals surface area contributed by atoms with E-state index in [-0.39, 0.29) is 11.5 Å². The third-order valence-corrected chi connectivity index (χ3v) is 3.87. The Bertz CT molecular complexity index is 973. The number of rotatable bonds is 4. The fraction of sp³-hybridized carbons (Fsp3) is 0. The number of aromatic nitrogens is 2. The maximum Gasteiger partial charge on any atom is 0.333 e. The molecule has 0 unspecified atom stereocenters. The molecule has 0 saturated heterocycles. The van der Waals surface area contributed by atoms with Crippen molar-refractivity contribution in [1.29, 1.82) is 0 Å². The van der Waals surface area contributed by atoms with Gasteiger partial charge in [0.2, 0.25) is 0 Å². The molecule has 3 rings (SSSR count). The van der Waals surface area contributed by atoms with Crippen molar-refractivity contribution in [2.45, 2.75) is 0 Å². The molecule has 0 aliphatic rings. The first kappa shape index (κ1) is 16.6. The fourth-order valence-corrected chi connectivity index (χ4v) is 2.48. The predicted octanol–water partition coefficient (Wildman–Crippen LogP) is 4.11. The summed E-state index contributed by atoms with van der Waals surface area (Å²) in [5.74, 6) is 0.0880. The van der Waals surface area contributed by atoms with Gasteiger partial charge in [0, 0.05) is 23.2 Å². The Kier molecular flexibility index (Phi) is 4.72. The minimum atomic E-state index is -0.514. The van der Waals surface area contributed by atoms with Gasteiger partial charge in [-0.3, -0.25) is 10.1 Å². The Morgan fingerprint density at radius 1 is 1.08 bits per heavy atom. The lowest BCUT2D eigenvalue weighted by atomic mass is 10.1. The zero-order valence-corrected chi connectivity index (χ0v) is 13.6. The molecular formula is C18H12ClN3O3. The van der Waals surface area contributed by atoms with Gasteiger partial charge < -0.3 is 5.21 Å². The summed E-state index contributed by atoms with van der Waals surface area (Å²) >= 11 is 6.09. The Hall–Kier alpha value is -3.25. The molecule has 0 spiro atoms. The highest BCUT2D eigenvalue weighted by Crippen LogP contribution is 2.21. The van der Waals surface area contributed by atoms with Crippen molar-refractivity contribution < 1.29 is 9.65 Å². The molecule has 1 aromatic heterocycles. The van der Waals surface area contributed by atoms with E-state index in [9.17, 15) is 15.3 Å². The molecule has 0 aliphatic heterocycles. The van der Waals surface area contributed by atoms with Crippen molar-refractivity contribution in [2.24, 2.45) is 0 Å². The Morgan fingerprint density at radius 3 is 2.64 bits per heavy atom. The smallest absolute Gasteiger partial charge is 0.333 e. The monoisotopic (exact) mass is 353 g/mol. The molecule has 0 amide bonds. The summed E-state index contributed by atoms with van der Waals surface area (Å²) in [6.45, 7) is 0. The van der Waals surface area contributed by atoms with Crippen LogP contribution in [0.1, 0.15) is 11.3 Å². The van der Waals surface area contributed by atoms with Gasteiger partial charge in [-0.05, 0) is 34.8 Å². The quantitative estimate of drug-likeness (QED) is 0.306. The molecule has 0 bridgehead atoms. The van der Waals surface area contributed by atoms with Crippen LogP contribution in [-0.4, -0.2) is 9.91 Å². The minimum absolute atomic E-state index is 0.0880. The van der Waals surface area contributed by atoms with Crippen molar-refractivity contribution in [3.8, 4) is 11.4 Å². The second-order valence-electron chi connectivity index (χ2n) is 5.15. The van der Waals surface area contributed by atoms with Crippen LogP contribution in [0.15, 0.2) is 60.8 Å². The zero-order valence-electron chi connectivity index (χ0n) is 12.9. The van der Waals surface area contributed by atoms with Gasteiger partial charge in [0.25, 0.3) is 5.69 Å². The predicted molar refractivity (Wildman–Crippen MR) is 95.7 cm³/mol. The molecule has 0 fully saturated rings. The van der Waals surface area contributed by atoms with Crippen LogP contribution in [0.5, 0.6) is 0 Å². The van der Waals surface area contributed by atoms with Crippen LogP contribution in [0.2, 0.25) is 5.02 Å². The maximum absolute atomic E-state index is 12.6. The van der Waals surface area contributed by atoms with Crippen LogP contribution in [-0.2, 0) is 0 Å². The number of benzene rings is 2. The van der Waals surface area contributed by atoms with E-state index in [1.807, 2.05) is 18.2 Å². The Morgan fingerprint density at radius 2 is 1.88 bits per heavy atom. The second kappa shape index (κ2) is 7.11. The highest BCUT2D eigenvalue weighted by molar-refractivity contribution is 6.32. The second-order valence-corrected chi connectivity index (χ2v) is 5.56. The summed E-state index contributed by atoms with van der Waals surface area (Å²) < 4.78 is 0.631. The summed E-state index contributed by atoms with van der Waals surface area (Å²) in [7, 11) is 0. The van der Waals surface area contributed by atoms with Crippen LogP contribution in [0.4, 0.5) is 5.69 Å². The lowest BCUT2D eigenvalue weighted by Crippen LogP contribution is -2.33. The summed E-state index contributed by atoms with van der Waals surface area (Å²) in [4.78, 5) is 14.4. The van der Waals surface area contributed by atoms with E-state index in [4.69, 9.17) is 11.6 Å². The van der Waals surface area contributed by atoms with Crippen molar-refractivity contribution in [3.05, 3.63) is 92.4 Å². The van der Waals surface area contributed by atoms with Gasteiger partial charge in [-0.15, -0.1) is 0 Å². The summed E-state index contributed by atoms with van der Waals surface area (Å²) in [5.41, 5.74) is 1.39. The first-order valence-electron chi connectivity index (χ1n) is 7.32. The largest absolute Gasteiger partial charge is 0.710 e. The zero-order chi connectivity index (χ0) is 17.8. The topological polar surface area (TPSA) is 83.0 Å². The Labute approximate surface area is 148 Å². The van der Waals surface area contributed by atoms with Crippen molar-refractivity contribution in [3.63, 3.8) is 0 Å². The number of hydrogen-bond donors (Lipinski definition) is 0. The molecule has 0 aliphatic carbocycles. The van der Waals surface area contributed by atoms with E-state index in [0.29, 0.717) is 21.0 Å². The first-order valence-corrected chi connectivity index (χ1v) is 7.70. The summed E-state index contributed by atoms with van der Waals surface area (Å²) in [6.07, 6.45) is 4.83. The highest BCUT2D eigenvalue weighted by Gasteiger charge is 2.16. The van der Waals surface area contributed by atoms with E-state index >= 15 is 0 Å². The molecule has 0 saturated carbocycles. The molecule has 124 valence electrons. The first-order chi connectivity index (χ1) is 12.1. The molecular weight excluding hydrogens is 342 g/mol. The van der Waals surface area contributed by atoms with Crippen molar-refractivity contribution >= 4 is 29.4 Å². The lowest BCUT2D eigenvalue weighted by molar-refractivity contribution is -0.598. The van der Waals surface area contributed by atoms with Gasteiger partial charge in [0.1, 0.15) is 11.9 Å². The summed E-state index contributed by atoms with van der Waals surface area (Å²) in [5, 5.41) is 24.0. The maximum atomic E-state index is 12.6. The fourth-order valence-electron chi connectivity index (χ4n) is 2.29. The molecule has 0 atom stereocenters. The van der Waals surface area contributed by atoms with Crippen LogP contribution in [0.3, 0.4) is 0 Å². The van der Waals surface area contributed by atoms with E-state index in [0.717, 1.165) is 5.56 Å². The van der Waals surface area contributed by atoms with E-state index in [1.54, 1.807) is 30.4 Å². The van der Waals surface area contributed by atoms with Crippen LogP contribution < -0.4 is 4.73 Å². The van der Waals surface area contributed by atoms with Gasteiger partial charge in [0.05, 0.1) is 10.5 Å². The van der Waals surface area contributed by atoms with Crippen molar-refractivity contribution in [1.82, 2.24) is 4.98 Å². The van der Waals surface area contributed by atoms with E-state index in [1.165, 1.54) is 24.4 Å². The van der Waals surface area contributed by atoms with Crippen LogP contribution in [0, 0.1) is 15.3 Å². The van der Waals surface area contributed by atoms with Gasteiger partial charge in [0.15, 0.2) is 0 Å². The number of nitro groups is 1. The van der Waals surface area contributed by atoms with E-state index < -0.39 is 4.92 Å². The standard InChI is InChI=1S/C18H12ClN3O3/c19-17-7-2-1-4-13(17)8-9-15-10-11-20-18(21(15)23)14-5-3-6-16(12-14)22(24)25/h1-12H/b9-8+. The minimum Gasteiger partial charge on any atom is -0.710 e. The van der Waals surface area contributed by atoms with Gasteiger partial charge in [-0.25, -0.2) is 4.73 Å². The molecule has 3 aromatic rings. The van der Waals surface area contributed by atoms with Gasteiger partial charge >= 0.3 is 5.82 Å². The number of halogens is 1. The SMILES string of the molecule is O=[N+]([O-])c1cccc(-c2nccc(/C=C/c3ccccc3Cl)[n+]2[O-])c1. The summed E-state index contributed by atoms with van der Waals surface area (Å²) in [6, 6.07) is 14.6. The molecule has 0 radical (unpaired) electrons. The molecule has 7 heteroatoms. The van der Waals surface area contributed by atoms with Crippen LogP contribution in [0.25, 0.3) is 23.5 Å². The Balaban J connectivity index is 1.99. The average molecular weight is 354 g/mol. The van der Waals surface area contributed by atoms with Crippen molar-refractivity contribution in [2.75, 3.05) is 0 Å². The molecule has 25 heavy (non-hydrogen) atoms.